The summed E-state index contributed by atoms with van der Waals surface area (Å²) >= 11 is 0. The lowest BCUT2D eigenvalue weighted by molar-refractivity contribution is -0.301. The SMILES string of the molecule is CC/C=C\C/C=C\C/C=C\C/C=C\CCCCC(=O)OCC(COC1OC(C(=O)O)C(O)C(O)C1OC(=O)CCCCCCCCC/C=C\C/C=C\CCCCC)OC(=O)CCCCCCC/C=C\CCCCCCCC. The molecule has 77 heavy (non-hydrogen) atoms. The van der Waals surface area contributed by atoms with E-state index in [1.54, 1.807) is 0 Å². The van der Waals surface area contributed by atoms with Crippen molar-refractivity contribution in [3.8, 4) is 0 Å². The highest BCUT2D eigenvalue weighted by Crippen LogP contribution is 2.26. The van der Waals surface area contributed by atoms with Gasteiger partial charge in [-0.1, -0.05) is 202 Å². The Morgan fingerprint density at radius 1 is 0.442 bits per heavy atom. The van der Waals surface area contributed by atoms with Crippen molar-refractivity contribution in [2.24, 2.45) is 0 Å². The molecule has 440 valence electrons. The second-order valence-corrected chi connectivity index (χ2v) is 20.6. The number of allylic oxidation sites excluding steroid dienone is 14. The zero-order chi connectivity index (χ0) is 56.1. The second kappa shape index (κ2) is 52.6. The molecular formula is C65H108O12. The van der Waals surface area contributed by atoms with Crippen LogP contribution in [0.3, 0.4) is 0 Å². The fourth-order valence-electron chi connectivity index (χ4n) is 8.74. The molecule has 1 heterocycles. The van der Waals surface area contributed by atoms with Gasteiger partial charge in [0.2, 0.25) is 0 Å². The van der Waals surface area contributed by atoms with Crippen LogP contribution in [0.5, 0.6) is 0 Å². The normalized spacial score (nSPS) is 18.6. The monoisotopic (exact) mass is 1080 g/mol. The summed E-state index contributed by atoms with van der Waals surface area (Å²) in [5, 5.41) is 31.5. The van der Waals surface area contributed by atoms with Crippen molar-refractivity contribution in [3.63, 3.8) is 0 Å². The van der Waals surface area contributed by atoms with Crippen LogP contribution in [0.1, 0.15) is 252 Å². The summed E-state index contributed by atoms with van der Waals surface area (Å²) < 4.78 is 28.4. The zero-order valence-corrected chi connectivity index (χ0v) is 48.4. The van der Waals surface area contributed by atoms with Crippen molar-refractivity contribution in [3.05, 3.63) is 85.1 Å². The molecule has 1 fully saturated rings. The molecule has 6 unspecified atom stereocenters. The van der Waals surface area contributed by atoms with Crippen molar-refractivity contribution in [2.45, 2.75) is 289 Å². The van der Waals surface area contributed by atoms with Gasteiger partial charge in [0.05, 0.1) is 6.61 Å². The topological polar surface area (TPSA) is 175 Å². The molecule has 1 aliphatic rings. The van der Waals surface area contributed by atoms with Crippen LogP contribution >= 0.6 is 0 Å². The highest BCUT2D eigenvalue weighted by molar-refractivity contribution is 5.74. The second-order valence-electron chi connectivity index (χ2n) is 20.6. The average Bonchev–Trinajstić information content (AvgIpc) is 3.42. The van der Waals surface area contributed by atoms with Crippen LogP contribution in [-0.4, -0.2) is 89.2 Å². The number of hydrogen-bond donors (Lipinski definition) is 3. The first-order valence-corrected chi connectivity index (χ1v) is 30.6. The van der Waals surface area contributed by atoms with E-state index in [0.29, 0.717) is 19.3 Å². The number of carboxylic acid groups (broad SMARTS) is 1. The third kappa shape index (κ3) is 42.5. The Bertz CT molecular complexity index is 1660. The molecule has 1 aliphatic heterocycles. The molecule has 0 spiro atoms. The lowest BCUT2D eigenvalue weighted by Crippen LogP contribution is -2.61. The Morgan fingerprint density at radius 2 is 0.818 bits per heavy atom. The number of aliphatic carboxylic acids is 1. The number of ether oxygens (including phenoxy) is 5. The van der Waals surface area contributed by atoms with E-state index in [1.165, 1.54) is 57.8 Å². The smallest absolute Gasteiger partial charge is 0.335 e. The van der Waals surface area contributed by atoms with Gasteiger partial charge in [0.25, 0.3) is 0 Å². The Morgan fingerprint density at radius 3 is 1.31 bits per heavy atom. The number of carbonyl (C=O) groups excluding carboxylic acids is 3. The predicted octanol–water partition coefficient (Wildman–Crippen LogP) is 15.9. The van der Waals surface area contributed by atoms with Gasteiger partial charge in [-0.2, -0.15) is 0 Å². The minimum atomic E-state index is -1.92. The molecule has 0 amide bonds. The van der Waals surface area contributed by atoms with Crippen LogP contribution in [0, 0.1) is 0 Å². The molecule has 0 aromatic rings. The van der Waals surface area contributed by atoms with Gasteiger partial charge in [-0.3, -0.25) is 14.4 Å². The Hall–Kier alpha value is -4.10. The van der Waals surface area contributed by atoms with Gasteiger partial charge in [0.15, 0.2) is 24.6 Å². The van der Waals surface area contributed by atoms with Crippen LogP contribution in [0.4, 0.5) is 0 Å². The molecule has 0 bridgehead atoms. The minimum Gasteiger partial charge on any atom is -0.479 e. The van der Waals surface area contributed by atoms with Crippen molar-refractivity contribution in [1.82, 2.24) is 0 Å². The summed E-state index contributed by atoms with van der Waals surface area (Å²) in [5.74, 6) is -3.20. The molecule has 3 N–H and O–H groups in total. The van der Waals surface area contributed by atoms with E-state index >= 15 is 0 Å². The summed E-state index contributed by atoms with van der Waals surface area (Å²) in [6.07, 6.45) is 55.4. The third-order valence-corrected chi connectivity index (χ3v) is 13.4. The number of aliphatic hydroxyl groups is 2. The van der Waals surface area contributed by atoms with E-state index < -0.39 is 67.3 Å². The number of unbranched alkanes of at least 4 members (excludes halogenated alkanes) is 23. The Kier molecular flexibility index (Phi) is 48.4. The fraction of sp³-hybridized carbons (Fsp3) is 0.723. The summed E-state index contributed by atoms with van der Waals surface area (Å²) in [5.41, 5.74) is 0. The highest BCUT2D eigenvalue weighted by atomic mass is 16.7. The maximum atomic E-state index is 13.2. The van der Waals surface area contributed by atoms with Crippen LogP contribution in [0.25, 0.3) is 0 Å². The molecule has 0 saturated carbocycles. The van der Waals surface area contributed by atoms with Gasteiger partial charge < -0.3 is 39.0 Å². The van der Waals surface area contributed by atoms with E-state index in [9.17, 15) is 34.5 Å². The molecule has 1 saturated heterocycles. The fourth-order valence-corrected chi connectivity index (χ4v) is 8.74. The van der Waals surface area contributed by atoms with Crippen LogP contribution in [0.2, 0.25) is 0 Å². The summed E-state index contributed by atoms with van der Waals surface area (Å²) in [6, 6.07) is 0. The number of rotatable bonds is 51. The quantitative estimate of drug-likeness (QED) is 0.0228. The van der Waals surface area contributed by atoms with Crippen LogP contribution in [0.15, 0.2) is 85.1 Å². The molecule has 6 atom stereocenters. The lowest BCUT2D eigenvalue weighted by Gasteiger charge is -2.40. The van der Waals surface area contributed by atoms with Crippen molar-refractivity contribution in [2.75, 3.05) is 13.2 Å². The number of carbonyl (C=O) groups is 4. The van der Waals surface area contributed by atoms with Gasteiger partial charge >= 0.3 is 23.9 Å². The largest absolute Gasteiger partial charge is 0.479 e. The highest BCUT2D eigenvalue weighted by Gasteiger charge is 2.50. The van der Waals surface area contributed by atoms with E-state index in [4.69, 9.17) is 23.7 Å². The first-order chi connectivity index (χ1) is 37.6. The molecule has 12 heteroatoms. The standard InChI is InChI=1S/C65H108O12/c1-4-7-10-13-16-19-22-25-28-29-32-35-38-41-44-47-50-53-59(68)76-63-61(70)60(69)62(64(71)72)77-65(63)74-55-56(75-58(67)52-49-46-43-40-37-34-31-27-24-21-18-15-12-9-6-3)54-73-57(66)51-48-45-42-39-36-33-30-26-23-20-17-14-11-8-5-2/h8,11,16-17,19-20,25-28,30-31,36,39,56,60-63,65,69-70H,4-7,9-10,12-15,18,21-24,29,32-35,37-38,40-55H2,1-3H3,(H,71,72)/b11-8-,19-16-,20-17-,28-25-,30-26-,31-27-,39-36-. The third-order valence-electron chi connectivity index (χ3n) is 13.4. The summed E-state index contributed by atoms with van der Waals surface area (Å²) in [6.45, 7) is 5.81. The Balaban J connectivity index is 2.72. The number of aliphatic hydroxyl groups excluding tert-OH is 2. The van der Waals surface area contributed by atoms with Crippen molar-refractivity contribution < 1.29 is 58.2 Å². The Labute approximate surface area is 467 Å². The predicted molar refractivity (Wildman–Crippen MR) is 312 cm³/mol. The zero-order valence-electron chi connectivity index (χ0n) is 48.4. The van der Waals surface area contributed by atoms with E-state index in [0.717, 1.165) is 135 Å². The van der Waals surface area contributed by atoms with E-state index in [1.807, 2.05) is 0 Å². The first kappa shape index (κ1) is 70.9. The first-order valence-electron chi connectivity index (χ1n) is 30.6. The van der Waals surface area contributed by atoms with Crippen LogP contribution < -0.4 is 0 Å². The van der Waals surface area contributed by atoms with E-state index in [-0.39, 0.29) is 25.9 Å². The molecule has 0 aromatic carbocycles. The van der Waals surface area contributed by atoms with Crippen molar-refractivity contribution in [1.29, 1.82) is 0 Å². The molecule has 0 aromatic heterocycles. The molecule has 12 nitrogen and oxygen atoms in total. The number of hydrogen-bond acceptors (Lipinski definition) is 11. The van der Waals surface area contributed by atoms with Crippen LogP contribution in [-0.2, 0) is 42.9 Å². The molecule has 0 radical (unpaired) electrons. The summed E-state index contributed by atoms with van der Waals surface area (Å²) in [4.78, 5) is 51.2. The van der Waals surface area contributed by atoms with Gasteiger partial charge in [0.1, 0.15) is 18.8 Å². The summed E-state index contributed by atoms with van der Waals surface area (Å²) in [7, 11) is 0. The number of carboxylic acids is 1. The maximum absolute atomic E-state index is 13.2. The minimum absolute atomic E-state index is 0.0439. The average molecular weight is 1080 g/mol. The maximum Gasteiger partial charge on any atom is 0.335 e. The molecular weight excluding hydrogens is 973 g/mol. The molecule has 0 aliphatic carbocycles. The van der Waals surface area contributed by atoms with Gasteiger partial charge in [-0.25, -0.2) is 4.79 Å². The lowest BCUT2D eigenvalue weighted by atomic mass is 9.98. The van der Waals surface area contributed by atoms with E-state index in [2.05, 4.69) is 106 Å². The molecule has 1 rings (SSSR count). The van der Waals surface area contributed by atoms with Gasteiger partial charge in [0, 0.05) is 19.3 Å². The number of esters is 3. The van der Waals surface area contributed by atoms with Gasteiger partial charge in [-0.15, -0.1) is 0 Å². The van der Waals surface area contributed by atoms with Gasteiger partial charge in [-0.05, 0) is 116 Å². The van der Waals surface area contributed by atoms with Crippen molar-refractivity contribution >= 4 is 23.9 Å².